The number of carboxylic acid groups (broad SMARTS) is 1. The Morgan fingerprint density at radius 2 is 1.63 bits per heavy atom. The quantitative estimate of drug-likeness (QED) is 0.474. The second-order valence-electron chi connectivity index (χ2n) is 6.16. The molecule has 2 amide bonds. The number of pyridine rings is 1. The predicted octanol–water partition coefficient (Wildman–Crippen LogP) is 3.25. The number of aromatic nitrogens is 1. The van der Waals surface area contributed by atoms with E-state index in [1.54, 1.807) is 42.5 Å². The van der Waals surface area contributed by atoms with Gasteiger partial charge in [0.05, 0.1) is 12.3 Å². The Bertz CT molecular complexity index is 1030. The summed E-state index contributed by atoms with van der Waals surface area (Å²) in [7, 11) is 0. The molecule has 0 saturated carbocycles. The highest BCUT2D eigenvalue weighted by molar-refractivity contribution is 5.96. The third-order valence-electron chi connectivity index (χ3n) is 4.00. The number of amides is 2. The number of hydrogen-bond donors (Lipinski definition) is 4. The van der Waals surface area contributed by atoms with E-state index in [1.807, 2.05) is 5.32 Å². The number of benzene rings is 2. The monoisotopic (exact) mass is 411 g/mol. The summed E-state index contributed by atoms with van der Waals surface area (Å²) in [6, 6.07) is 16.3. The first-order chi connectivity index (χ1) is 14.4. The summed E-state index contributed by atoms with van der Waals surface area (Å²) in [5, 5.41) is 22.3. The van der Waals surface area contributed by atoms with Crippen LogP contribution in [0, 0.1) is 5.82 Å². The highest BCUT2D eigenvalue weighted by Crippen LogP contribution is 2.25. The second-order valence-corrected chi connectivity index (χ2v) is 6.16. The number of aliphatic hydroxyl groups is 1. The van der Waals surface area contributed by atoms with Crippen LogP contribution in [0.15, 0.2) is 66.7 Å². The SMILES string of the molecule is O=C(O)N[C@@H](CO)C(=O)Nc1cccc(-c2ccc(Oc3ccc(F)cc3)cc2)n1. The molecule has 1 heterocycles. The highest BCUT2D eigenvalue weighted by Gasteiger charge is 2.20. The Morgan fingerprint density at radius 1 is 1.00 bits per heavy atom. The van der Waals surface area contributed by atoms with E-state index in [0.29, 0.717) is 17.2 Å². The highest BCUT2D eigenvalue weighted by atomic mass is 19.1. The van der Waals surface area contributed by atoms with Crippen LogP contribution in [0.1, 0.15) is 0 Å². The predicted molar refractivity (Wildman–Crippen MR) is 107 cm³/mol. The zero-order valence-corrected chi connectivity index (χ0v) is 15.6. The molecule has 1 aromatic heterocycles. The summed E-state index contributed by atoms with van der Waals surface area (Å²) in [5.74, 6) is 0.183. The van der Waals surface area contributed by atoms with Crippen LogP contribution < -0.4 is 15.4 Å². The molecule has 8 nitrogen and oxygen atoms in total. The average molecular weight is 411 g/mol. The van der Waals surface area contributed by atoms with Gasteiger partial charge in [-0.15, -0.1) is 0 Å². The van der Waals surface area contributed by atoms with Crippen molar-refractivity contribution in [1.82, 2.24) is 10.3 Å². The minimum Gasteiger partial charge on any atom is -0.465 e. The van der Waals surface area contributed by atoms with E-state index >= 15 is 0 Å². The topological polar surface area (TPSA) is 121 Å². The lowest BCUT2D eigenvalue weighted by molar-refractivity contribution is -0.118. The van der Waals surface area contributed by atoms with Gasteiger partial charge in [0.15, 0.2) is 0 Å². The molecule has 0 aliphatic heterocycles. The van der Waals surface area contributed by atoms with Crippen molar-refractivity contribution in [3.05, 3.63) is 72.5 Å². The standard InChI is InChI=1S/C21H18FN3O5/c22-14-6-10-16(11-7-14)30-15-8-4-13(5-9-15)17-2-1-3-19(23-17)25-20(27)18(12-26)24-21(28)29/h1-11,18,24,26H,12H2,(H,28,29)(H,23,25,27)/t18-/m0/s1. The molecule has 0 aliphatic rings. The van der Waals surface area contributed by atoms with Crippen molar-refractivity contribution >= 4 is 17.8 Å². The molecule has 2 aromatic carbocycles. The van der Waals surface area contributed by atoms with Crippen LogP contribution in [0.4, 0.5) is 15.0 Å². The molecule has 1 atom stereocenters. The van der Waals surface area contributed by atoms with E-state index in [1.165, 1.54) is 24.3 Å². The zero-order valence-electron chi connectivity index (χ0n) is 15.6. The molecule has 0 unspecified atom stereocenters. The van der Waals surface area contributed by atoms with Crippen LogP contribution in [0.2, 0.25) is 0 Å². The Kier molecular flexibility index (Phi) is 6.56. The smallest absolute Gasteiger partial charge is 0.405 e. The van der Waals surface area contributed by atoms with Crippen molar-refractivity contribution in [1.29, 1.82) is 0 Å². The van der Waals surface area contributed by atoms with Gasteiger partial charge in [-0.25, -0.2) is 14.2 Å². The van der Waals surface area contributed by atoms with Gasteiger partial charge < -0.3 is 25.6 Å². The number of nitrogens with one attached hydrogen (secondary N) is 2. The third kappa shape index (κ3) is 5.52. The van der Waals surface area contributed by atoms with E-state index in [-0.39, 0.29) is 11.6 Å². The summed E-state index contributed by atoms with van der Waals surface area (Å²) in [6.07, 6.45) is -1.42. The maximum absolute atomic E-state index is 13.0. The molecule has 154 valence electrons. The Balaban J connectivity index is 1.70. The minimum absolute atomic E-state index is 0.203. The van der Waals surface area contributed by atoms with Gasteiger partial charge in [-0.1, -0.05) is 6.07 Å². The first kappa shape index (κ1) is 20.7. The van der Waals surface area contributed by atoms with Gasteiger partial charge >= 0.3 is 6.09 Å². The Hall–Kier alpha value is -3.98. The Morgan fingerprint density at radius 3 is 2.23 bits per heavy atom. The number of nitrogens with zero attached hydrogens (tertiary/aromatic N) is 1. The van der Waals surface area contributed by atoms with Crippen molar-refractivity contribution in [2.24, 2.45) is 0 Å². The van der Waals surface area contributed by atoms with Crippen molar-refractivity contribution in [2.75, 3.05) is 11.9 Å². The molecular weight excluding hydrogens is 393 g/mol. The summed E-state index contributed by atoms with van der Waals surface area (Å²) in [5.41, 5.74) is 1.31. The summed E-state index contributed by atoms with van der Waals surface area (Å²) >= 11 is 0. The summed E-state index contributed by atoms with van der Waals surface area (Å²) in [6.45, 7) is -0.687. The number of aliphatic hydroxyl groups excluding tert-OH is 1. The van der Waals surface area contributed by atoms with E-state index in [4.69, 9.17) is 14.9 Å². The average Bonchev–Trinajstić information content (AvgIpc) is 2.74. The van der Waals surface area contributed by atoms with E-state index in [2.05, 4.69) is 10.3 Å². The number of rotatable bonds is 7. The number of hydrogen-bond acceptors (Lipinski definition) is 5. The fourth-order valence-corrected chi connectivity index (χ4v) is 2.55. The normalized spacial score (nSPS) is 11.4. The van der Waals surface area contributed by atoms with Crippen LogP contribution in [-0.2, 0) is 4.79 Å². The summed E-state index contributed by atoms with van der Waals surface area (Å²) in [4.78, 5) is 27.1. The molecule has 0 spiro atoms. The minimum atomic E-state index is -1.42. The van der Waals surface area contributed by atoms with Crippen LogP contribution in [0.25, 0.3) is 11.3 Å². The van der Waals surface area contributed by atoms with Gasteiger partial charge in [-0.2, -0.15) is 0 Å². The van der Waals surface area contributed by atoms with E-state index in [9.17, 15) is 14.0 Å². The lowest BCUT2D eigenvalue weighted by atomic mass is 10.1. The van der Waals surface area contributed by atoms with Crippen LogP contribution >= 0.6 is 0 Å². The lowest BCUT2D eigenvalue weighted by Gasteiger charge is -2.14. The van der Waals surface area contributed by atoms with Gasteiger partial charge in [0.2, 0.25) is 0 Å². The summed E-state index contributed by atoms with van der Waals surface area (Å²) < 4.78 is 18.6. The first-order valence-corrected chi connectivity index (χ1v) is 8.86. The van der Waals surface area contributed by atoms with Gasteiger partial charge in [-0.05, 0) is 60.7 Å². The largest absolute Gasteiger partial charge is 0.465 e. The fraction of sp³-hybridized carbons (Fsp3) is 0.0952. The molecule has 30 heavy (non-hydrogen) atoms. The first-order valence-electron chi connectivity index (χ1n) is 8.86. The molecule has 0 bridgehead atoms. The molecule has 4 N–H and O–H groups in total. The molecule has 0 aliphatic carbocycles. The van der Waals surface area contributed by atoms with E-state index in [0.717, 1.165) is 5.56 Å². The van der Waals surface area contributed by atoms with Gasteiger partial charge in [-0.3, -0.25) is 4.79 Å². The lowest BCUT2D eigenvalue weighted by Crippen LogP contribution is -2.45. The van der Waals surface area contributed by atoms with Gasteiger partial charge in [0.25, 0.3) is 5.91 Å². The number of halogens is 1. The second kappa shape index (κ2) is 9.48. The van der Waals surface area contributed by atoms with Gasteiger partial charge in [0, 0.05) is 5.56 Å². The number of carbonyl (C=O) groups is 2. The number of anilines is 1. The van der Waals surface area contributed by atoms with Gasteiger partial charge in [0.1, 0.15) is 29.2 Å². The van der Waals surface area contributed by atoms with Crippen molar-refractivity contribution < 1.29 is 28.9 Å². The molecule has 0 fully saturated rings. The van der Waals surface area contributed by atoms with Crippen LogP contribution in [0.5, 0.6) is 11.5 Å². The molecule has 0 saturated heterocycles. The van der Waals surface area contributed by atoms with Crippen LogP contribution in [0.3, 0.4) is 0 Å². The third-order valence-corrected chi connectivity index (χ3v) is 4.00. The maximum Gasteiger partial charge on any atom is 0.405 e. The zero-order chi connectivity index (χ0) is 21.5. The fourth-order valence-electron chi connectivity index (χ4n) is 2.55. The maximum atomic E-state index is 13.0. The number of ether oxygens (including phenoxy) is 1. The number of carbonyl (C=O) groups excluding carboxylic acids is 1. The van der Waals surface area contributed by atoms with Crippen LogP contribution in [-0.4, -0.2) is 39.8 Å². The molecular formula is C21H18FN3O5. The van der Waals surface area contributed by atoms with Crippen molar-refractivity contribution in [3.63, 3.8) is 0 Å². The molecule has 3 aromatic rings. The van der Waals surface area contributed by atoms with Crippen molar-refractivity contribution in [3.8, 4) is 22.8 Å². The van der Waals surface area contributed by atoms with E-state index < -0.39 is 24.6 Å². The van der Waals surface area contributed by atoms with Crippen molar-refractivity contribution in [2.45, 2.75) is 6.04 Å². The molecule has 3 rings (SSSR count). The molecule has 9 heteroatoms. The Labute approximate surface area is 171 Å². The molecule has 0 radical (unpaired) electrons.